The first-order chi connectivity index (χ1) is 7.58. The second kappa shape index (κ2) is 3.97. The molecule has 0 bridgehead atoms. The molecule has 0 atom stereocenters. The van der Waals surface area contributed by atoms with Crippen molar-refractivity contribution in [2.24, 2.45) is 7.05 Å². The normalized spacial score (nSPS) is 10.4. The van der Waals surface area contributed by atoms with E-state index in [4.69, 9.17) is 0 Å². The average molecular weight is 213 g/mol. The van der Waals surface area contributed by atoms with Crippen LogP contribution in [0.2, 0.25) is 0 Å². The molecule has 2 aromatic rings. The standard InChI is InChI=1S/C14H15NO/c1-10-5-4-6-12(7-10)13-8-14(11(2)16)15(3)9-13/h4-9H,1-3H3. The lowest BCUT2D eigenvalue weighted by Crippen LogP contribution is -1.99. The maximum atomic E-state index is 11.4. The molecule has 1 heterocycles. The van der Waals surface area contributed by atoms with Crippen molar-refractivity contribution in [2.75, 3.05) is 0 Å². The minimum absolute atomic E-state index is 0.0985. The molecule has 0 radical (unpaired) electrons. The zero-order valence-corrected chi connectivity index (χ0v) is 9.82. The van der Waals surface area contributed by atoms with Crippen LogP contribution in [0.15, 0.2) is 36.5 Å². The quantitative estimate of drug-likeness (QED) is 0.702. The van der Waals surface area contributed by atoms with Crippen LogP contribution in [0, 0.1) is 6.92 Å². The Balaban J connectivity index is 2.49. The monoisotopic (exact) mass is 213 g/mol. The highest BCUT2D eigenvalue weighted by Crippen LogP contribution is 2.22. The molecule has 0 N–H and O–H groups in total. The maximum absolute atomic E-state index is 11.4. The molecular formula is C14H15NO. The second-order valence-corrected chi connectivity index (χ2v) is 4.15. The largest absolute Gasteiger partial charge is 0.348 e. The van der Waals surface area contributed by atoms with Crippen molar-refractivity contribution in [3.63, 3.8) is 0 Å². The molecule has 0 spiro atoms. The van der Waals surface area contributed by atoms with Crippen molar-refractivity contribution in [2.45, 2.75) is 13.8 Å². The smallest absolute Gasteiger partial charge is 0.176 e. The molecular weight excluding hydrogens is 198 g/mol. The predicted octanol–water partition coefficient (Wildman–Crippen LogP) is 3.20. The van der Waals surface area contributed by atoms with Gasteiger partial charge in [-0.1, -0.05) is 29.8 Å². The number of hydrogen-bond donors (Lipinski definition) is 0. The van der Waals surface area contributed by atoms with Gasteiger partial charge in [0.1, 0.15) is 0 Å². The van der Waals surface area contributed by atoms with Gasteiger partial charge < -0.3 is 4.57 Å². The van der Waals surface area contributed by atoms with E-state index in [1.807, 2.05) is 29.9 Å². The van der Waals surface area contributed by atoms with E-state index in [9.17, 15) is 4.79 Å². The highest BCUT2D eigenvalue weighted by molar-refractivity contribution is 5.94. The van der Waals surface area contributed by atoms with Gasteiger partial charge in [-0.25, -0.2) is 0 Å². The summed E-state index contributed by atoms with van der Waals surface area (Å²) in [5.74, 6) is 0.0985. The van der Waals surface area contributed by atoms with Crippen molar-refractivity contribution in [3.05, 3.63) is 47.8 Å². The highest BCUT2D eigenvalue weighted by Gasteiger charge is 2.08. The zero-order chi connectivity index (χ0) is 11.7. The summed E-state index contributed by atoms with van der Waals surface area (Å²) >= 11 is 0. The first-order valence-corrected chi connectivity index (χ1v) is 5.32. The van der Waals surface area contributed by atoms with Crippen molar-refractivity contribution in [3.8, 4) is 11.1 Å². The van der Waals surface area contributed by atoms with E-state index >= 15 is 0 Å². The van der Waals surface area contributed by atoms with Gasteiger partial charge in [-0.2, -0.15) is 0 Å². The first-order valence-electron chi connectivity index (χ1n) is 5.32. The number of aromatic nitrogens is 1. The molecule has 1 aromatic heterocycles. The molecule has 0 saturated heterocycles. The van der Waals surface area contributed by atoms with E-state index in [2.05, 4.69) is 25.1 Å². The third-order valence-corrected chi connectivity index (χ3v) is 2.72. The van der Waals surface area contributed by atoms with Crippen LogP contribution >= 0.6 is 0 Å². The third kappa shape index (κ3) is 1.91. The third-order valence-electron chi connectivity index (χ3n) is 2.72. The van der Waals surface area contributed by atoms with E-state index in [0.717, 1.165) is 16.8 Å². The number of hydrogen-bond acceptors (Lipinski definition) is 1. The Hall–Kier alpha value is -1.83. The van der Waals surface area contributed by atoms with Crippen LogP contribution in [0.5, 0.6) is 0 Å². The Morgan fingerprint density at radius 2 is 1.94 bits per heavy atom. The van der Waals surface area contributed by atoms with Crippen LogP contribution in [-0.2, 0) is 7.05 Å². The summed E-state index contributed by atoms with van der Waals surface area (Å²) < 4.78 is 1.88. The number of ketones is 1. The molecule has 16 heavy (non-hydrogen) atoms. The molecule has 82 valence electrons. The number of carbonyl (C=O) groups is 1. The molecule has 0 fully saturated rings. The van der Waals surface area contributed by atoms with Crippen molar-refractivity contribution in [1.29, 1.82) is 0 Å². The Morgan fingerprint density at radius 3 is 2.50 bits per heavy atom. The summed E-state index contributed by atoms with van der Waals surface area (Å²) in [6.45, 7) is 3.66. The van der Waals surface area contributed by atoms with E-state index in [1.165, 1.54) is 5.56 Å². The number of Topliss-reactive ketones (excluding diaryl/α,β-unsaturated/α-hetero) is 1. The SMILES string of the molecule is CC(=O)c1cc(-c2cccc(C)c2)cn1C. The second-order valence-electron chi connectivity index (χ2n) is 4.15. The van der Waals surface area contributed by atoms with E-state index < -0.39 is 0 Å². The number of rotatable bonds is 2. The number of benzene rings is 1. The van der Waals surface area contributed by atoms with E-state index in [1.54, 1.807) is 6.92 Å². The van der Waals surface area contributed by atoms with Gasteiger partial charge in [0.2, 0.25) is 0 Å². The van der Waals surface area contributed by atoms with Crippen LogP contribution in [0.25, 0.3) is 11.1 Å². The first kappa shape index (κ1) is 10.7. The minimum Gasteiger partial charge on any atom is -0.348 e. The number of aryl methyl sites for hydroxylation is 2. The molecule has 1 aromatic carbocycles. The summed E-state index contributed by atoms with van der Waals surface area (Å²) in [6.07, 6.45) is 1.99. The lowest BCUT2D eigenvalue weighted by atomic mass is 10.1. The summed E-state index contributed by atoms with van der Waals surface area (Å²) in [7, 11) is 1.90. The molecule has 2 rings (SSSR count). The lowest BCUT2D eigenvalue weighted by Gasteiger charge is -1.98. The summed E-state index contributed by atoms with van der Waals surface area (Å²) in [5, 5.41) is 0. The average Bonchev–Trinajstić information content (AvgIpc) is 2.60. The molecule has 0 aliphatic carbocycles. The van der Waals surface area contributed by atoms with E-state index in [0.29, 0.717) is 0 Å². The van der Waals surface area contributed by atoms with Crippen LogP contribution in [0.1, 0.15) is 23.0 Å². The van der Waals surface area contributed by atoms with Crippen LogP contribution in [-0.4, -0.2) is 10.4 Å². The van der Waals surface area contributed by atoms with Gasteiger partial charge in [-0.3, -0.25) is 4.79 Å². The van der Waals surface area contributed by atoms with Crippen LogP contribution in [0.4, 0.5) is 0 Å². The van der Waals surface area contributed by atoms with Crippen molar-refractivity contribution in [1.82, 2.24) is 4.57 Å². The van der Waals surface area contributed by atoms with Gasteiger partial charge in [0.25, 0.3) is 0 Å². The number of nitrogens with zero attached hydrogens (tertiary/aromatic N) is 1. The Labute approximate surface area is 95.5 Å². The Kier molecular flexibility index (Phi) is 2.65. The van der Waals surface area contributed by atoms with Crippen molar-refractivity contribution < 1.29 is 4.79 Å². The number of carbonyl (C=O) groups excluding carboxylic acids is 1. The summed E-state index contributed by atoms with van der Waals surface area (Å²) in [5.41, 5.74) is 4.22. The van der Waals surface area contributed by atoms with E-state index in [-0.39, 0.29) is 5.78 Å². The molecule has 0 aliphatic heterocycles. The molecule has 0 aliphatic rings. The molecule has 0 saturated carbocycles. The Morgan fingerprint density at radius 1 is 1.19 bits per heavy atom. The zero-order valence-electron chi connectivity index (χ0n) is 9.82. The maximum Gasteiger partial charge on any atom is 0.176 e. The predicted molar refractivity (Wildman–Crippen MR) is 65.6 cm³/mol. The van der Waals surface area contributed by atoms with Gasteiger partial charge in [0.05, 0.1) is 5.69 Å². The highest BCUT2D eigenvalue weighted by atomic mass is 16.1. The topological polar surface area (TPSA) is 22.0 Å². The molecule has 0 unspecified atom stereocenters. The van der Waals surface area contributed by atoms with Crippen LogP contribution < -0.4 is 0 Å². The van der Waals surface area contributed by atoms with Gasteiger partial charge in [-0.05, 0) is 18.6 Å². The summed E-state index contributed by atoms with van der Waals surface area (Å²) in [6, 6.07) is 10.2. The fourth-order valence-corrected chi connectivity index (χ4v) is 1.90. The van der Waals surface area contributed by atoms with Crippen LogP contribution in [0.3, 0.4) is 0 Å². The van der Waals surface area contributed by atoms with Gasteiger partial charge in [-0.15, -0.1) is 0 Å². The molecule has 0 amide bonds. The fourth-order valence-electron chi connectivity index (χ4n) is 1.90. The van der Waals surface area contributed by atoms with Gasteiger partial charge in [0, 0.05) is 25.7 Å². The minimum atomic E-state index is 0.0985. The molecule has 2 nitrogen and oxygen atoms in total. The Bertz CT molecular complexity index is 537. The fraction of sp³-hybridized carbons (Fsp3) is 0.214. The summed E-state index contributed by atoms with van der Waals surface area (Å²) in [4.78, 5) is 11.4. The lowest BCUT2D eigenvalue weighted by molar-refractivity contribution is 0.101. The van der Waals surface area contributed by atoms with Crippen molar-refractivity contribution >= 4 is 5.78 Å². The van der Waals surface area contributed by atoms with Gasteiger partial charge >= 0.3 is 0 Å². The van der Waals surface area contributed by atoms with Gasteiger partial charge in [0.15, 0.2) is 5.78 Å². The molecule has 2 heteroatoms.